The van der Waals surface area contributed by atoms with Crippen LogP contribution in [0.5, 0.6) is 5.75 Å². The highest BCUT2D eigenvalue weighted by Gasteiger charge is 2.16. The molecule has 1 aliphatic heterocycles. The first kappa shape index (κ1) is 18.6. The Bertz CT molecular complexity index is 454. The topological polar surface area (TPSA) is 59.6 Å². The summed E-state index contributed by atoms with van der Waals surface area (Å²) in [6.45, 7) is -0.393. The van der Waals surface area contributed by atoms with E-state index in [1.807, 2.05) is 0 Å². The zero-order chi connectivity index (χ0) is 15.1. The van der Waals surface area contributed by atoms with Crippen molar-refractivity contribution in [3.63, 3.8) is 0 Å². The first-order valence-electron chi connectivity index (χ1n) is 6.76. The van der Waals surface area contributed by atoms with Crippen molar-refractivity contribution in [3.05, 3.63) is 29.8 Å². The lowest BCUT2D eigenvalue weighted by Gasteiger charge is -2.23. The summed E-state index contributed by atoms with van der Waals surface area (Å²) in [6, 6.07) is 6.16. The number of hydrogen-bond donors (Lipinski definition) is 2. The Morgan fingerprint density at radius 2 is 2.14 bits per heavy atom. The van der Waals surface area contributed by atoms with E-state index in [9.17, 15) is 13.6 Å². The quantitative estimate of drug-likeness (QED) is 0.830. The summed E-state index contributed by atoms with van der Waals surface area (Å²) in [4.78, 5) is 11.8. The maximum Gasteiger partial charge on any atom is 0.387 e. The zero-order valence-electron chi connectivity index (χ0n) is 11.9. The van der Waals surface area contributed by atoms with E-state index in [-0.39, 0.29) is 30.2 Å². The first-order valence-corrected chi connectivity index (χ1v) is 6.76. The molecule has 0 radical (unpaired) electrons. The second-order valence-electron chi connectivity index (χ2n) is 4.70. The Hall–Kier alpha value is -1.44. The van der Waals surface area contributed by atoms with Crippen molar-refractivity contribution in [2.75, 3.05) is 19.7 Å². The van der Waals surface area contributed by atoms with Crippen molar-refractivity contribution in [1.29, 1.82) is 0 Å². The summed E-state index contributed by atoms with van der Waals surface area (Å²) >= 11 is 0. The fourth-order valence-electron chi connectivity index (χ4n) is 2.02. The Morgan fingerprint density at radius 1 is 1.41 bits per heavy atom. The molecule has 8 heteroatoms. The van der Waals surface area contributed by atoms with Crippen LogP contribution in [0.25, 0.3) is 0 Å². The first-order chi connectivity index (χ1) is 10.1. The number of carbonyl (C=O) groups is 1. The van der Waals surface area contributed by atoms with Crippen molar-refractivity contribution in [2.45, 2.75) is 25.7 Å². The maximum absolute atomic E-state index is 12.0. The van der Waals surface area contributed by atoms with Crippen LogP contribution in [0.3, 0.4) is 0 Å². The van der Waals surface area contributed by atoms with Gasteiger partial charge in [-0.25, -0.2) is 0 Å². The van der Waals surface area contributed by atoms with Gasteiger partial charge in [0.25, 0.3) is 0 Å². The van der Waals surface area contributed by atoms with Gasteiger partial charge in [0.05, 0.1) is 19.1 Å². The summed E-state index contributed by atoms with van der Waals surface area (Å²) in [5.41, 5.74) is 0.813. The Morgan fingerprint density at radius 3 is 2.73 bits per heavy atom. The van der Waals surface area contributed by atoms with Crippen LogP contribution in [0, 0.1) is 0 Å². The van der Waals surface area contributed by atoms with Crippen LogP contribution >= 0.6 is 12.4 Å². The lowest BCUT2D eigenvalue weighted by Crippen LogP contribution is -2.41. The summed E-state index contributed by atoms with van der Waals surface area (Å²) in [5.74, 6) is -0.00152. The van der Waals surface area contributed by atoms with Gasteiger partial charge < -0.3 is 20.1 Å². The van der Waals surface area contributed by atoms with Gasteiger partial charge in [0.2, 0.25) is 5.91 Å². The number of alkyl halides is 2. The molecule has 2 N–H and O–H groups in total. The number of nitrogens with one attached hydrogen (secondary N) is 2. The van der Waals surface area contributed by atoms with Crippen molar-refractivity contribution in [3.8, 4) is 5.75 Å². The summed E-state index contributed by atoms with van der Waals surface area (Å²) < 4.78 is 33.7. The van der Waals surface area contributed by atoms with E-state index in [1.165, 1.54) is 12.1 Å². The molecule has 0 aliphatic carbocycles. The summed E-state index contributed by atoms with van der Waals surface area (Å²) in [7, 11) is 0. The Kier molecular flexibility index (Phi) is 8.08. The number of carbonyl (C=O) groups excluding carboxylic acids is 1. The molecule has 1 heterocycles. The van der Waals surface area contributed by atoms with Crippen molar-refractivity contribution in [2.24, 2.45) is 0 Å². The van der Waals surface area contributed by atoms with Crippen LogP contribution in [-0.2, 0) is 16.1 Å². The molecule has 0 bridgehead atoms. The molecule has 1 fully saturated rings. The highest BCUT2D eigenvalue weighted by Crippen LogP contribution is 2.14. The molecule has 0 spiro atoms. The number of benzene rings is 1. The fraction of sp³-hybridized carbons (Fsp3) is 0.500. The molecule has 1 amide bonds. The maximum atomic E-state index is 12.0. The van der Waals surface area contributed by atoms with Gasteiger partial charge in [-0.1, -0.05) is 12.1 Å². The van der Waals surface area contributed by atoms with Crippen molar-refractivity contribution in [1.82, 2.24) is 10.6 Å². The highest BCUT2D eigenvalue weighted by molar-refractivity contribution is 5.85. The van der Waals surface area contributed by atoms with Crippen LogP contribution < -0.4 is 15.4 Å². The van der Waals surface area contributed by atoms with E-state index in [2.05, 4.69) is 15.4 Å². The van der Waals surface area contributed by atoms with E-state index in [0.29, 0.717) is 26.1 Å². The molecule has 0 saturated carbocycles. The smallest absolute Gasteiger partial charge is 0.387 e. The van der Waals surface area contributed by atoms with Gasteiger partial charge >= 0.3 is 6.61 Å². The van der Waals surface area contributed by atoms with Crippen LogP contribution in [-0.4, -0.2) is 38.3 Å². The van der Waals surface area contributed by atoms with E-state index >= 15 is 0 Å². The number of hydrogen-bond acceptors (Lipinski definition) is 4. The molecule has 1 aliphatic rings. The monoisotopic (exact) mass is 336 g/mol. The molecule has 0 aromatic heterocycles. The molecule has 1 unspecified atom stereocenters. The van der Waals surface area contributed by atoms with Crippen molar-refractivity contribution >= 4 is 18.3 Å². The minimum atomic E-state index is -2.83. The van der Waals surface area contributed by atoms with Gasteiger partial charge in [-0.05, 0) is 17.7 Å². The molecule has 124 valence electrons. The number of amides is 1. The van der Waals surface area contributed by atoms with Crippen LogP contribution in [0.2, 0.25) is 0 Å². The van der Waals surface area contributed by atoms with E-state index in [4.69, 9.17) is 4.74 Å². The molecule has 2 rings (SSSR count). The van der Waals surface area contributed by atoms with Crippen LogP contribution in [0.15, 0.2) is 24.3 Å². The number of rotatable bonds is 6. The van der Waals surface area contributed by atoms with E-state index in [0.717, 1.165) is 12.1 Å². The molecule has 22 heavy (non-hydrogen) atoms. The van der Waals surface area contributed by atoms with Gasteiger partial charge in [-0.2, -0.15) is 8.78 Å². The average Bonchev–Trinajstić information content (AvgIpc) is 2.47. The van der Waals surface area contributed by atoms with Gasteiger partial charge in [-0.15, -0.1) is 12.4 Å². The van der Waals surface area contributed by atoms with Crippen LogP contribution in [0.4, 0.5) is 8.78 Å². The third kappa shape index (κ3) is 6.55. The number of morpholine rings is 1. The van der Waals surface area contributed by atoms with Gasteiger partial charge in [-0.3, -0.25) is 4.79 Å². The normalized spacial score (nSPS) is 17.7. The number of halogens is 3. The average molecular weight is 337 g/mol. The van der Waals surface area contributed by atoms with Crippen molar-refractivity contribution < 1.29 is 23.0 Å². The Labute approximate surface area is 133 Å². The molecular formula is C14H19ClF2N2O3. The largest absolute Gasteiger partial charge is 0.435 e. The zero-order valence-corrected chi connectivity index (χ0v) is 12.7. The predicted molar refractivity (Wildman–Crippen MR) is 79.4 cm³/mol. The standard InChI is InChI=1S/C14H18F2N2O3.ClH/c15-14(16)21-11-3-1-10(2-4-11)8-18-13(19)7-12-9-17-5-6-20-12;/h1-4,12,14,17H,5-9H2,(H,18,19);1H. The summed E-state index contributed by atoms with van der Waals surface area (Å²) in [6.07, 6.45) is 0.208. The molecule has 1 aromatic carbocycles. The highest BCUT2D eigenvalue weighted by atomic mass is 35.5. The molecular weight excluding hydrogens is 318 g/mol. The van der Waals surface area contributed by atoms with Gasteiger partial charge in [0, 0.05) is 19.6 Å². The molecule has 1 saturated heterocycles. The SMILES string of the molecule is Cl.O=C(CC1CNCCO1)NCc1ccc(OC(F)F)cc1. The van der Waals surface area contributed by atoms with E-state index < -0.39 is 6.61 Å². The number of ether oxygens (including phenoxy) is 2. The second kappa shape index (κ2) is 9.55. The predicted octanol–water partition coefficient (Wildman–Crippen LogP) is 1.70. The minimum Gasteiger partial charge on any atom is -0.435 e. The van der Waals surface area contributed by atoms with Gasteiger partial charge in [0.1, 0.15) is 5.75 Å². The molecule has 1 aromatic rings. The lowest BCUT2D eigenvalue weighted by molar-refractivity contribution is -0.124. The lowest BCUT2D eigenvalue weighted by atomic mass is 10.2. The molecule has 5 nitrogen and oxygen atoms in total. The van der Waals surface area contributed by atoms with Gasteiger partial charge in [0.15, 0.2) is 0 Å². The second-order valence-corrected chi connectivity index (χ2v) is 4.70. The third-order valence-corrected chi connectivity index (χ3v) is 3.06. The third-order valence-electron chi connectivity index (χ3n) is 3.06. The van der Waals surface area contributed by atoms with E-state index in [1.54, 1.807) is 12.1 Å². The molecule has 1 atom stereocenters. The summed E-state index contributed by atoms with van der Waals surface area (Å²) in [5, 5.41) is 5.93. The Balaban J connectivity index is 0.00000242. The van der Waals surface area contributed by atoms with Crippen LogP contribution in [0.1, 0.15) is 12.0 Å². The minimum absolute atomic E-state index is 0. The fourth-order valence-corrected chi connectivity index (χ4v) is 2.02.